The number of benzene rings is 2. The van der Waals surface area contributed by atoms with E-state index in [1.807, 2.05) is 59.2 Å². The van der Waals surface area contributed by atoms with Crippen LogP contribution in [0.5, 0.6) is 5.88 Å². The van der Waals surface area contributed by atoms with Crippen LogP contribution in [0.25, 0.3) is 28.1 Å². The van der Waals surface area contributed by atoms with Crippen LogP contribution < -0.4 is 10.1 Å². The lowest BCUT2D eigenvalue weighted by Gasteiger charge is -2.08. The Balaban J connectivity index is 1.18. The van der Waals surface area contributed by atoms with Crippen LogP contribution in [0.4, 0.5) is 0 Å². The Morgan fingerprint density at radius 3 is 2.71 bits per heavy atom. The molecule has 5 rings (SSSR count). The first-order valence-electron chi connectivity index (χ1n) is 9.85. The summed E-state index contributed by atoms with van der Waals surface area (Å²) in [6, 6.07) is 20.9. The first kappa shape index (κ1) is 18.7. The molecule has 0 atom stereocenters. The lowest BCUT2D eigenvalue weighted by Crippen LogP contribution is -2.31. The molecule has 5 aromatic rings. The summed E-state index contributed by atoms with van der Waals surface area (Å²) in [5.41, 5.74) is 3.34. The highest BCUT2D eigenvalue weighted by atomic mass is 16.5. The van der Waals surface area contributed by atoms with Gasteiger partial charge in [-0.05, 0) is 18.2 Å². The van der Waals surface area contributed by atoms with Crippen LogP contribution in [0.15, 0.2) is 73.1 Å². The van der Waals surface area contributed by atoms with Crippen molar-refractivity contribution >= 4 is 22.6 Å². The van der Waals surface area contributed by atoms with Crippen LogP contribution in [0.3, 0.4) is 0 Å². The quantitative estimate of drug-likeness (QED) is 0.411. The molecule has 0 aliphatic rings. The molecule has 0 saturated heterocycles. The topological polar surface area (TPSA) is 99.2 Å². The van der Waals surface area contributed by atoms with Gasteiger partial charge in [0.2, 0.25) is 11.8 Å². The first-order valence-corrected chi connectivity index (χ1v) is 9.85. The van der Waals surface area contributed by atoms with Gasteiger partial charge in [-0.15, -0.1) is 15.3 Å². The molecule has 0 unspecified atom stereocenters. The minimum absolute atomic E-state index is 0.111. The number of para-hydroxylation sites is 2. The maximum absolute atomic E-state index is 12.3. The van der Waals surface area contributed by atoms with Gasteiger partial charge in [0.15, 0.2) is 11.5 Å². The van der Waals surface area contributed by atoms with Crippen molar-refractivity contribution in [1.82, 2.24) is 34.7 Å². The number of hydrogen-bond acceptors (Lipinski definition) is 6. The Kier molecular flexibility index (Phi) is 4.97. The molecule has 2 aromatic carbocycles. The summed E-state index contributed by atoms with van der Waals surface area (Å²) in [4.78, 5) is 16.6. The van der Waals surface area contributed by atoms with Crippen molar-refractivity contribution in [1.29, 1.82) is 0 Å². The van der Waals surface area contributed by atoms with Crippen molar-refractivity contribution < 1.29 is 9.53 Å². The number of carbonyl (C=O) groups is 1. The van der Waals surface area contributed by atoms with E-state index in [-0.39, 0.29) is 19.1 Å². The van der Waals surface area contributed by atoms with Crippen molar-refractivity contribution in [3.63, 3.8) is 0 Å². The molecule has 0 aliphatic carbocycles. The van der Waals surface area contributed by atoms with Crippen LogP contribution in [0.1, 0.15) is 0 Å². The van der Waals surface area contributed by atoms with Crippen molar-refractivity contribution in [2.45, 2.75) is 6.54 Å². The zero-order valence-electron chi connectivity index (χ0n) is 16.5. The molecule has 1 amide bonds. The molecule has 3 aromatic heterocycles. The number of aromatic nitrogens is 6. The summed E-state index contributed by atoms with van der Waals surface area (Å²) in [6.07, 6.45) is 1.67. The third-order valence-electron chi connectivity index (χ3n) is 4.79. The highest BCUT2D eigenvalue weighted by Crippen LogP contribution is 2.18. The minimum Gasteiger partial charge on any atom is -0.475 e. The Hall–Kier alpha value is -4.27. The van der Waals surface area contributed by atoms with Gasteiger partial charge in [0, 0.05) is 11.6 Å². The Bertz CT molecular complexity index is 1340. The van der Waals surface area contributed by atoms with E-state index in [4.69, 9.17) is 4.74 Å². The van der Waals surface area contributed by atoms with Gasteiger partial charge in [0.25, 0.3) is 0 Å². The molecule has 0 bridgehead atoms. The van der Waals surface area contributed by atoms with E-state index in [1.54, 1.807) is 23.0 Å². The second kappa shape index (κ2) is 8.23. The zero-order valence-corrected chi connectivity index (χ0v) is 16.5. The largest absolute Gasteiger partial charge is 0.475 e. The maximum atomic E-state index is 12.3. The van der Waals surface area contributed by atoms with Gasteiger partial charge in [0.1, 0.15) is 13.2 Å². The monoisotopic (exact) mass is 413 g/mol. The summed E-state index contributed by atoms with van der Waals surface area (Å²) in [5, 5.41) is 15.7. The number of amides is 1. The van der Waals surface area contributed by atoms with Gasteiger partial charge in [-0.3, -0.25) is 4.79 Å². The number of imidazole rings is 1. The van der Waals surface area contributed by atoms with Gasteiger partial charge >= 0.3 is 0 Å². The number of nitrogens with one attached hydrogen (secondary N) is 1. The number of carbonyl (C=O) groups excluding carboxylic acids is 1. The van der Waals surface area contributed by atoms with E-state index in [2.05, 4.69) is 25.6 Å². The molecule has 9 heteroatoms. The summed E-state index contributed by atoms with van der Waals surface area (Å²) in [7, 11) is 0. The van der Waals surface area contributed by atoms with Gasteiger partial charge < -0.3 is 14.6 Å². The van der Waals surface area contributed by atoms with E-state index >= 15 is 0 Å². The number of hydrogen-bond donors (Lipinski definition) is 1. The average molecular weight is 413 g/mol. The van der Waals surface area contributed by atoms with Gasteiger partial charge in [-0.25, -0.2) is 4.98 Å². The van der Waals surface area contributed by atoms with Crippen molar-refractivity contribution in [3.05, 3.63) is 73.1 Å². The number of rotatable bonds is 7. The summed E-state index contributed by atoms with van der Waals surface area (Å²) >= 11 is 0. The second-order valence-electron chi connectivity index (χ2n) is 6.89. The zero-order chi connectivity index (χ0) is 21.0. The normalized spacial score (nSPS) is 11.1. The summed E-state index contributed by atoms with van der Waals surface area (Å²) in [5.74, 6) is 0.960. The smallest absolute Gasteiger partial charge is 0.240 e. The van der Waals surface area contributed by atoms with Crippen LogP contribution in [-0.4, -0.2) is 48.4 Å². The Morgan fingerprint density at radius 2 is 1.81 bits per heavy atom. The fraction of sp³-hybridized carbons (Fsp3) is 0.136. The van der Waals surface area contributed by atoms with Crippen LogP contribution in [0.2, 0.25) is 0 Å². The standard InChI is InChI=1S/C22H19N7O2/c30-20(14-28-15-24-17-8-4-5-9-18(17)28)23-12-13-31-21-11-10-19-25-26-22(29(19)27-21)16-6-2-1-3-7-16/h1-11,15H,12-14H2,(H,23,30). The number of nitrogens with zero attached hydrogens (tertiary/aromatic N) is 6. The first-order chi connectivity index (χ1) is 15.3. The van der Waals surface area contributed by atoms with Crippen molar-refractivity contribution in [2.24, 2.45) is 0 Å². The summed E-state index contributed by atoms with van der Waals surface area (Å²) < 4.78 is 9.17. The average Bonchev–Trinajstić information content (AvgIpc) is 3.41. The Morgan fingerprint density at radius 1 is 0.968 bits per heavy atom. The van der Waals surface area contributed by atoms with E-state index in [1.165, 1.54) is 0 Å². The van der Waals surface area contributed by atoms with E-state index in [9.17, 15) is 4.79 Å². The van der Waals surface area contributed by atoms with Gasteiger partial charge in [-0.2, -0.15) is 4.52 Å². The molecular formula is C22H19N7O2. The van der Waals surface area contributed by atoms with Gasteiger partial charge in [0.05, 0.1) is 23.9 Å². The lowest BCUT2D eigenvalue weighted by molar-refractivity contribution is -0.121. The molecule has 154 valence electrons. The van der Waals surface area contributed by atoms with Crippen LogP contribution in [-0.2, 0) is 11.3 Å². The molecule has 9 nitrogen and oxygen atoms in total. The van der Waals surface area contributed by atoms with E-state index in [0.717, 1.165) is 16.6 Å². The molecule has 0 radical (unpaired) electrons. The lowest BCUT2D eigenvalue weighted by atomic mass is 10.2. The fourth-order valence-corrected chi connectivity index (χ4v) is 3.31. The number of fused-ring (bicyclic) bond motifs is 2. The highest BCUT2D eigenvalue weighted by molar-refractivity contribution is 5.80. The highest BCUT2D eigenvalue weighted by Gasteiger charge is 2.10. The maximum Gasteiger partial charge on any atom is 0.240 e. The molecule has 1 N–H and O–H groups in total. The predicted molar refractivity (Wildman–Crippen MR) is 114 cm³/mol. The van der Waals surface area contributed by atoms with Crippen LogP contribution >= 0.6 is 0 Å². The third-order valence-corrected chi connectivity index (χ3v) is 4.79. The summed E-state index contributed by atoms with van der Waals surface area (Å²) in [6.45, 7) is 0.850. The predicted octanol–water partition coefficient (Wildman–Crippen LogP) is 2.34. The number of ether oxygens (including phenoxy) is 1. The molecular weight excluding hydrogens is 394 g/mol. The molecule has 3 heterocycles. The SMILES string of the molecule is O=C(Cn1cnc2ccccc21)NCCOc1ccc2nnc(-c3ccccc3)n2n1. The molecule has 0 aliphatic heterocycles. The second-order valence-corrected chi connectivity index (χ2v) is 6.89. The Labute approximate surface area is 177 Å². The minimum atomic E-state index is -0.111. The van der Waals surface area contributed by atoms with Gasteiger partial charge in [-0.1, -0.05) is 42.5 Å². The van der Waals surface area contributed by atoms with Crippen molar-refractivity contribution in [3.8, 4) is 17.3 Å². The fourth-order valence-electron chi connectivity index (χ4n) is 3.31. The van der Waals surface area contributed by atoms with Crippen LogP contribution in [0, 0.1) is 0 Å². The molecule has 0 spiro atoms. The third kappa shape index (κ3) is 3.93. The molecule has 0 saturated carbocycles. The molecule has 31 heavy (non-hydrogen) atoms. The van der Waals surface area contributed by atoms with Crippen molar-refractivity contribution in [2.75, 3.05) is 13.2 Å². The van der Waals surface area contributed by atoms with E-state index in [0.29, 0.717) is 23.9 Å². The van der Waals surface area contributed by atoms with E-state index < -0.39 is 0 Å². The molecule has 0 fully saturated rings.